The summed E-state index contributed by atoms with van der Waals surface area (Å²) < 4.78 is 1.82. The molecule has 2 aromatic carbocycles. The van der Waals surface area contributed by atoms with E-state index in [1.54, 1.807) is 11.8 Å². The molecule has 0 spiro atoms. The van der Waals surface area contributed by atoms with Gasteiger partial charge in [-0.1, -0.05) is 60.3 Å². The number of hydrogen-bond donors (Lipinski definition) is 0. The Bertz CT molecular complexity index is 1070. The van der Waals surface area contributed by atoms with Gasteiger partial charge in [-0.3, -0.25) is 0 Å². The fourth-order valence-corrected chi connectivity index (χ4v) is 4.68. The highest BCUT2D eigenvalue weighted by molar-refractivity contribution is 7.99. The molecule has 1 aliphatic carbocycles. The highest BCUT2D eigenvalue weighted by Gasteiger charge is 2.30. The molecule has 122 valence electrons. The quantitative estimate of drug-likeness (QED) is 0.533. The van der Waals surface area contributed by atoms with E-state index in [9.17, 15) is 0 Å². The molecule has 0 radical (unpaired) electrons. The van der Waals surface area contributed by atoms with Crippen LogP contribution in [0.1, 0.15) is 27.8 Å². The molecule has 2 aromatic heterocycles. The lowest BCUT2D eigenvalue weighted by molar-refractivity contribution is 0.842. The van der Waals surface area contributed by atoms with E-state index >= 15 is 0 Å². The van der Waals surface area contributed by atoms with Crippen LogP contribution in [0, 0.1) is 13.8 Å². The number of thioether (sulfide) groups is 1. The number of hydrogen-bond acceptors (Lipinski definition) is 4. The van der Waals surface area contributed by atoms with Gasteiger partial charge < -0.3 is 0 Å². The first-order valence-electron chi connectivity index (χ1n) is 8.26. The second-order valence-corrected chi connectivity index (χ2v) is 7.39. The highest BCUT2D eigenvalue weighted by Crippen LogP contribution is 2.51. The Morgan fingerprint density at radius 3 is 2.20 bits per heavy atom. The molecule has 0 atom stereocenters. The largest absolute Gasteiger partial charge is 0.253 e. The normalized spacial score (nSPS) is 13.2. The third kappa shape index (κ3) is 2.27. The molecule has 0 saturated heterocycles. The Hall–Kier alpha value is -2.66. The predicted octanol–water partition coefficient (Wildman–Crippen LogP) is 4.60. The van der Waals surface area contributed by atoms with Gasteiger partial charge in [-0.05, 0) is 42.2 Å². The van der Waals surface area contributed by atoms with Crippen LogP contribution >= 0.6 is 11.8 Å². The fourth-order valence-electron chi connectivity index (χ4n) is 3.54. The topological polar surface area (TPSA) is 43.1 Å². The zero-order valence-corrected chi connectivity index (χ0v) is 14.8. The molecule has 0 saturated carbocycles. The average Bonchev–Trinajstić information content (AvgIpc) is 3.16. The summed E-state index contributed by atoms with van der Waals surface area (Å²) in [7, 11) is 0. The first-order chi connectivity index (χ1) is 12.2. The summed E-state index contributed by atoms with van der Waals surface area (Å²) >= 11 is 1.69. The lowest BCUT2D eigenvalue weighted by Crippen LogP contribution is -1.97. The number of fused-ring (bicyclic) bond motifs is 4. The van der Waals surface area contributed by atoms with Crippen molar-refractivity contribution in [2.45, 2.75) is 24.3 Å². The maximum absolute atomic E-state index is 4.67. The van der Waals surface area contributed by atoms with Gasteiger partial charge in [0.1, 0.15) is 0 Å². The van der Waals surface area contributed by atoms with Gasteiger partial charge in [0, 0.05) is 11.4 Å². The highest BCUT2D eigenvalue weighted by atomic mass is 32.2. The standard InChI is InChI=1S/C20H16N4S/c1-12-11-13(2)24-19(21-12)22-20(23-24)25-18-16-9-5-3-7-14(16)15-8-4-6-10-17(15)18/h3-11,18H,1-2H3. The summed E-state index contributed by atoms with van der Waals surface area (Å²) in [5.41, 5.74) is 7.29. The summed E-state index contributed by atoms with van der Waals surface area (Å²) in [6.45, 7) is 4.02. The maximum atomic E-state index is 4.67. The number of aromatic nitrogens is 4. The summed E-state index contributed by atoms with van der Waals surface area (Å²) in [5.74, 6) is 0.666. The Morgan fingerprint density at radius 1 is 0.880 bits per heavy atom. The summed E-state index contributed by atoms with van der Waals surface area (Å²) in [4.78, 5) is 9.14. The van der Waals surface area contributed by atoms with E-state index in [2.05, 4.69) is 63.6 Å². The lowest BCUT2D eigenvalue weighted by Gasteiger charge is -2.10. The summed E-state index contributed by atoms with van der Waals surface area (Å²) in [5, 5.41) is 5.64. The number of rotatable bonds is 2. The van der Waals surface area contributed by atoms with Gasteiger partial charge in [-0.25, -0.2) is 9.50 Å². The molecule has 0 N–H and O–H groups in total. The van der Waals surface area contributed by atoms with Gasteiger partial charge >= 0.3 is 0 Å². The summed E-state index contributed by atoms with van der Waals surface area (Å²) in [6.07, 6.45) is 0. The van der Waals surface area contributed by atoms with Gasteiger partial charge in [0.2, 0.25) is 5.16 Å². The molecule has 0 unspecified atom stereocenters. The molecule has 5 rings (SSSR count). The van der Waals surface area contributed by atoms with Crippen molar-refractivity contribution in [3.63, 3.8) is 0 Å². The van der Waals surface area contributed by atoms with E-state index in [0.717, 1.165) is 16.5 Å². The SMILES string of the molecule is Cc1cc(C)n2nc(SC3c4ccccc4-c4ccccc43)nc2n1. The Balaban J connectivity index is 1.62. The fraction of sp³-hybridized carbons (Fsp3) is 0.150. The van der Waals surface area contributed by atoms with Crippen LogP contribution < -0.4 is 0 Å². The second-order valence-electron chi connectivity index (χ2n) is 6.32. The van der Waals surface area contributed by atoms with E-state index in [1.807, 2.05) is 24.4 Å². The van der Waals surface area contributed by atoms with E-state index in [4.69, 9.17) is 0 Å². The van der Waals surface area contributed by atoms with E-state index < -0.39 is 0 Å². The van der Waals surface area contributed by atoms with Crippen LogP contribution in [0.2, 0.25) is 0 Å². The van der Waals surface area contributed by atoms with Gasteiger partial charge in [0.25, 0.3) is 5.78 Å². The van der Waals surface area contributed by atoms with Crippen molar-refractivity contribution < 1.29 is 0 Å². The Morgan fingerprint density at radius 2 is 1.52 bits per heavy atom. The Labute approximate surface area is 150 Å². The van der Waals surface area contributed by atoms with Crippen LogP contribution in [-0.4, -0.2) is 19.6 Å². The monoisotopic (exact) mass is 344 g/mol. The first-order valence-corrected chi connectivity index (χ1v) is 9.14. The van der Waals surface area contributed by atoms with Crippen LogP contribution in [0.25, 0.3) is 16.9 Å². The van der Waals surface area contributed by atoms with Crippen LogP contribution in [-0.2, 0) is 0 Å². The van der Waals surface area contributed by atoms with Crippen molar-refractivity contribution in [3.8, 4) is 11.1 Å². The van der Waals surface area contributed by atoms with Crippen molar-refractivity contribution in [2.75, 3.05) is 0 Å². The van der Waals surface area contributed by atoms with Gasteiger partial charge in [-0.2, -0.15) is 4.98 Å². The smallest absolute Gasteiger partial charge is 0.216 e. The van der Waals surface area contributed by atoms with Crippen LogP contribution in [0.3, 0.4) is 0 Å². The molecule has 0 aliphatic heterocycles. The van der Waals surface area contributed by atoms with Crippen molar-refractivity contribution in [1.82, 2.24) is 19.6 Å². The maximum Gasteiger partial charge on any atom is 0.253 e. The third-order valence-corrected chi connectivity index (χ3v) is 5.73. The molecule has 2 heterocycles. The molecule has 0 bridgehead atoms. The number of benzene rings is 2. The van der Waals surface area contributed by atoms with Crippen molar-refractivity contribution in [3.05, 3.63) is 77.1 Å². The summed E-state index contributed by atoms with van der Waals surface area (Å²) in [6, 6.07) is 19.2. The number of nitrogens with zero attached hydrogens (tertiary/aromatic N) is 4. The van der Waals surface area contributed by atoms with Crippen molar-refractivity contribution in [1.29, 1.82) is 0 Å². The van der Waals surface area contributed by atoms with Gasteiger partial charge in [-0.15, -0.1) is 5.10 Å². The molecule has 4 nitrogen and oxygen atoms in total. The molecule has 5 heteroatoms. The predicted molar refractivity (Wildman–Crippen MR) is 99.8 cm³/mol. The van der Waals surface area contributed by atoms with Gasteiger partial charge in [0.15, 0.2) is 0 Å². The molecular weight excluding hydrogens is 328 g/mol. The zero-order chi connectivity index (χ0) is 17.0. The van der Waals surface area contributed by atoms with Crippen molar-refractivity contribution in [2.24, 2.45) is 0 Å². The minimum absolute atomic E-state index is 0.214. The van der Waals surface area contributed by atoms with Crippen LogP contribution in [0.4, 0.5) is 0 Å². The molecule has 25 heavy (non-hydrogen) atoms. The van der Waals surface area contributed by atoms with E-state index in [0.29, 0.717) is 5.78 Å². The number of aryl methyl sites for hydroxylation is 2. The van der Waals surface area contributed by atoms with Gasteiger partial charge in [0.05, 0.1) is 5.25 Å². The first kappa shape index (κ1) is 14.7. The van der Waals surface area contributed by atoms with Crippen molar-refractivity contribution >= 4 is 17.5 Å². The van der Waals surface area contributed by atoms with Crippen LogP contribution in [0.15, 0.2) is 59.8 Å². The van der Waals surface area contributed by atoms with E-state index in [1.165, 1.54) is 22.3 Å². The average molecular weight is 344 g/mol. The minimum Gasteiger partial charge on any atom is -0.216 e. The molecule has 4 aromatic rings. The molecular formula is C20H16N4S. The zero-order valence-electron chi connectivity index (χ0n) is 14.0. The third-order valence-electron chi connectivity index (χ3n) is 4.60. The molecule has 1 aliphatic rings. The molecule has 0 fully saturated rings. The Kier molecular flexibility index (Phi) is 3.18. The second kappa shape index (κ2) is 5.43. The lowest BCUT2D eigenvalue weighted by atomic mass is 10.1. The van der Waals surface area contributed by atoms with E-state index in [-0.39, 0.29) is 5.25 Å². The minimum atomic E-state index is 0.214. The molecule has 0 amide bonds. The van der Waals surface area contributed by atoms with Crippen LogP contribution in [0.5, 0.6) is 0 Å².